The van der Waals surface area contributed by atoms with Crippen molar-refractivity contribution in [3.63, 3.8) is 0 Å². The van der Waals surface area contributed by atoms with Gasteiger partial charge in [-0.05, 0) is 23.6 Å². The molecule has 1 atom stereocenters. The molecular formula is C24H25N5O2. The predicted octanol–water partition coefficient (Wildman–Crippen LogP) is 3.61. The number of rotatable bonds is 10. The van der Waals surface area contributed by atoms with Crippen LogP contribution in [0.15, 0.2) is 79.9 Å². The molecule has 0 saturated heterocycles. The molecule has 0 spiro atoms. The van der Waals surface area contributed by atoms with Crippen molar-refractivity contribution in [2.24, 2.45) is 0 Å². The van der Waals surface area contributed by atoms with Gasteiger partial charge in [0.15, 0.2) is 11.5 Å². The van der Waals surface area contributed by atoms with E-state index in [4.69, 9.17) is 4.74 Å². The smallest absolute Gasteiger partial charge is 0.165 e. The van der Waals surface area contributed by atoms with Gasteiger partial charge in [-0.25, -0.2) is 15.0 Å². The van der Waals surface area contributed by atoms with Gasteiger partial charge in [0.2, 0.25) is 0 Å². The van der Waals surface area contributed by atoms with Crippen LogP contribution in [0, 0.1) is 0 Å². The van der Waals surface area contributed by atoms with Crippen molar-refractivity contribution in [3.05, 3.63) is 91.0 Å². The Morgan fingerprint density at radius 2 is 1.87 bits per heavy atom. The van der Waals surface area contributed by atoms with Gasteiger partial charge < -0.3 is 19.7 Å². The van der Waals surface area contributed by atoms with Gasteiger partial charge in [-0.15, -0.1) is 6.58 Å². The summed E-state index contributed by atoms with van der Waals surface area (Å²) in [6.07, 6.45) is 5.00. The zero-order valence-electron chi connectivity index (χ0n) is 17.2. The number of hydrogen-bond donors (Lipinski definition) is 2. The number of para-hydroxylation sites is 1. The minimum Gasteiger partial charge on any atom is -0.491 e. The van der Waals surface area contributed by atoms with Crippen LogP contribution in [0.25, 0.3) is 11.2 Å². The normalized spacial score (nSPS) is 11.9. The molecule has 0 bridgehead atoms. The summed E-state index contributed by atoms with van der Waals surface area (Å²) in [7, 11) is 0. The number of hydrogen-bond acceptors (Lipinski definition) is 6. The van der Waals surface area contributed by atoms with Gasteiger partial charge in [-0.2, -0.15) is 0 Å². The molecule has 0 fully saturated rings. The van der Waals surface area contributed by atoms with Gasteiger partial charge in [0, 0.05) is 6.54 Å². The Hall–Kier alpha value is -3.71. The van der Waals surface area contributed by atoms with E-state index in [1.165, 1.54) is 6.33 Å². The molecular weight excluding hydrogens is 390 g/mol. The van der Waals surface area contributed by atoms with Gasteiger partial charge >= 0.3 is 0 Å². The fourth-order valence-corrected chi connectivity index (χ4v) is 3.36. The van der Waals surface area contributed by atoms with Crippen molar-refractivity contribution in [1.29, 1.82) is 0 Å². The van der Waals surface area contributed by atoms with Gasteiger partial charge in [0.1, 0.15) is 30.3 Å². The minimum atomic E-state index is -0.718. The van der Waals surface area contributed by atoms with E-state index in [1.54, 1.807) is 6.33 Å². The number of fused-ring (bicyclic) bond motifs is 1. The van der Waals surface area contributed by atoms with E-state index in [2.05, 4.69) is 26.8 Å². The molecule has 0 amide bonds. The first-order chi connectivity index (χ1) is 15.2. The van der Waals surface area contributed by atoms with E-state index in [0.717, 1.165) is 16.9 Å². The van der Waals surface area contributed by atoms with Crippen LogP contribution in [0.4, 0.5) is 5.82 Å². The quantitative estimate of drug-likeness (QED) is 0.385. The molecule has 0 aliphatic heterocycles. The molecule has 0 saturated carbocycles. The first kappa shape index (κ1) is 20.6. The van der Waals surface area contributed by atoms with Crippen LogP contribution in [0.2, 0.25) is 0 Å². The maximum atomic E-state index is 10.5. The summed E-state index contributed by atoms with van der Waals surface area (Å²) in [4.78, 5) is 13.1. The van der Waals surface area contributed by atoms with Crippen molar-refractivity contribution in [1.82, 2.24) is 19.5 Å². The lowest BCUT2D eigenvalue weighted by Crippen LogP contribution is -2.23. The zero-order valence-corrected chi connectivity index (χ0v) is 17.2. The Kier molecular flexibility index (Phi) is 6.54. The predicted molar refractivity (Wildman–Crippen MR) is 121 cm³/mol. The molecule has 7 heteroatoms. The third-order valence-corrected chi connectivity index (χ3v) is 4.88. The van der Waals surface area contributed by atoms with Crippen molar-refractivity contribution in [3.8, 4) is 5.75 Å². The van der Waals surface area contributed by atoms with E-state index in [-0.39, 0.29) is 6.61 Å². The maximum Gasteiger partial charge on any atom is 0.165 e. The highest BCUT2D eigenvalue weighted by Crippen LogP contribution is 2.20. The summed E-state index contributed by atoms with van der Waals surface area (Å²) in [5, 5.41) is 13.8. The fourth-order valence-electron chi connectivity index (χ4n) is 3.36. The maximum absolute atomic E-state index is 10.5. The minimum absolute atomic E-state index is 0.165. The largest absolute Gasteiger partial charge is 0.491 e. The standard InChI is InChI=1S/C24H25N5O2/c1-2-8-19-11-6-7-12-21(19)31-15-20(30)14-29-17-28-22-23(26-16-27-24(22)29)25-13-18-9-4-3-5-10-18/h2-7,9-12,16-17,20,30H,1,8,13-15H2,(H,25,26,27)/t20-/m0/s1. The van der Waals surface area contributed by atoms with E-state index < -0.39 is 6.10 Å². The zero-order chi connectivity index (χ0) is 21.5. The number of benzene rings is 2. The van der Waals surface area contributed by atoms with Crippen molar-refractivity contribution in [2.75, 3.05) is 11.9 Å². The number of allylic oxidation sites excluding steroid dienone is 1. The monoisotopic (exact) mass is 415 g/mol. The van der Waals surface area contributed by atoms with Crippen LogP contribution in [0.3, 0.4) is 0 Å². The first-order valence-electron chi connectivity index (χ1n) is 10.2. The summed E-state index contributed by atoms with van der Waals surface area (Å²) >= 11 is 0. The number of nitrogens with zero attached hydrogens (tertiary/aromatic N) is 4. The topological polar surface area (TPSA) is 85.1 Å². The van der Waals surface area contributed by atoms with Crippen LogP contribution in [-0.4, -0.2) is 37.3 Å². The Morgan fingerprint density at radius 1 is 1.06 bits per heavy atom. The summed E-state index contributed by atoms with van der Waals surface area (Å²) in [6.45, 7) is 4.89. The molecule has 2 aromatic carbocycles. The van der Waals surface area contributed by atoms with Gasteiger partial charge in [0.25, 0.3) is 0 Å². The Balaban J connectivity index is 1.41. The molecule has 7 nitrogen and oxygen atoms in total. The molecule has 31 heavy (non-hydrogen) atoms. The molecule has 0 aliphatic rings. The van der Waals surface area contributed by atoms with Gasteiger partial charge in [-0.3, -0.25) is 0 Å². The molecule has 2 aromatic heterocycles. The number of aromatic nitrogens is 4. The van der Waals surface area contributed by atoms with Crippen LogP contribution in [-0.2, 0) is 19.5 Å². The fraction of sp³-hybridized carbons (Fsp3) is 0.208. The van der Waals surface area contributed by atoms with E-state index >= 15 is 0 Å². The average Bonchev–Trinajstić information content (AvgIpc) is 3.21. The van der Waals surface area contributed by atoms with Crippen LogP contribution < -0.4 is 10.1 Å². The van der Waals surface area contributed by atoms with Crippen molar-refractivity contribution < 1.29 is 9.84 Å². The van der Waals surface area contributed by atoms with E-state index in [0.29, 0.717) is 36.5 Å². The summed E-state index contributed by atoms with van der Waals surface area (Å²) in [6, 6.07) is 17.9. The summed E-state index contributed by atoms with van der Waals surface area (Å²) < 4.78 is 7.66. The average molecular weight is 415 g/mol. The van der Waals surface area contributed by atoms with E-state index in [1.807, 2.05) is 65.2 Å². The molecule has 0 unspecified atom stereocenters. The Labute approximate surface area is 181 Å². The van der Waals surface area contributed by atoms with Gasteiger partial charge in [-0.1, -0.05) is 54.6 Å². The van der Waals surface area contributed by atoms with Crippen molar-refractivity contribution >= 4 is 17.0 Å². The van der Waals surface area contributed by atoms with Crippen LogP contribution in [0.1, 0.15) is 11.1 Å². The lowest BCUT2D eigenvalue weighted by molar-refractivity contribution is 0.0929. The second-order valence-electron chi connectivity index (χ2n) is 7.20. The SMILES string of the molecule is C=CCc1ccccc1OC[C@@H](O)Cn1cnc2c(NCc3ccccc3)ncnc21. The molecule has 0 aliphatic carbocycles. The number of aliphatic hydroxyl groups is 1. The highest BCUT2D eigenvalue weighted by Gasteiger charge is 2.14. The third kappa shape index (κ3) is 5.07. The third-order valence-electron chi connectivity index (χ3n) is 4.88. The van der Waals surface area contributed by atoms with Crippen LogP contribution in [0.5, 0.6) is 5.75 Å². The molecule has 4 rings (SSSR count). The first-order valence-corrected chi connectivity index (χ1v) is 10.2. The number of nitrogens with one attached hydrogen (secondary N) is 1. The molecule has 158 valence electrons. The van der Waals surface area contributed by atoms with Gasteiger partial charge in [0.05, 0.1) is 12.9 Å². The molecule has 2 heterocycles. The molecule has 2 N–H and O–H groups in total. The number of anilines is 1. The van der Waals surface area contributed by atoms with Crippen molar-refractivity contribution in [2.45, 2.75) is 25.6 Å². The second kappa shape index (κ2) is 9.86. The number of ether oxygens (including phenoxy) is 1. The Bertz CT molecular complexity index is 1140. The molecule has 4 aromatic rings. The second-order valence-corrected chi connectivity index (χ2v) is 7.20. The van der Waals surface area contributed by atoms with Crippen LogP contribution >= 0.6 is 0 Å². The summed E-state index contributed by atoms with van der Waals surface area (Å²) in [5.74, 6) is 1.42. The molecule has 0 radical (unpaired) electrons. The van der Waals surface area contributed by atoms with E-state index in [9.17, 15) is 5.11 Å². The number of aliphatic hydroxyl groups excluding tert-OH is 1. The number of imidazole rings is 1. The lowest BCUT2D eigenvalue weighted by Gasteiger charge is -2.15. The highest BCUT2D eigenvalue weighted by molar-refractivity contribution is 5.82. The lowest BCUT2D eigenvalue weighted by atomic mass is 10.1. The Morgan fingerprint density at radius 3 is 2.71 bits per heavy atom. The highest BCUT2D eigenvalue weighted by atomic mass is 16.5. The summed E-state index contributed by atoms with van der Waals surface area (Å²) in [5.41, 5.74) is 3.53.